The number of hydrogen-bond donors (Lipinski definition) is 2. The molecule has 7 heteroatoms. The van der Waals surface area contributed by atoms with E-state index in [1.54, 1.807) is 0 Å². The van der Waals surface area contributed by atoms with Gasteiger partial charge >= 0.3 is 6.03 Å². The van der Waals surface area contributed by atoms with Gasteiger partial charge in [-0.05, 0) is 38.1 Å². The summed E-state index contributed by atoms with van der Waals surface area (Å²) < 4.78 is 1.87. The molecule has 0 bridgehead atoms. The fourth-order valence-electron chi connectivity index (χ4n) is 2.74. The van der Waals surface area contributed by atoms with Crippen molar-refractivity contribution in [3.8, 4) is 0 Å². The predicted molar refractivity (Wildman–Crippen MR) is 83.5 cm³/mol. The van der Waals surface area contributed by atoms with Gasteiger partial charge in [0, 0.05) is 19.3 Å². The molecular formula is C15H22N6O. The van der Waals surface area contributed by atoms with Crippen LogP contribution in [0.2, 0.25) is 0 Å². The second kappa shape index (κ2) is 7.22. The number of nitrogens with one attached hydrogen (secondary N) is 2. The lowest BCUT2D eigenvalue weighted by Crippen LogP contribution is -2.41. The molecule has 118 valence electrons. The summed E-state index contributed by atoms with van der Waals surface area (Å²) in [6, 6.07) is 5.55. The summed E-state index contributed by atoms with van der Waals surface area (Å²) in [6.45, 7) is 4.25. The van der Waals surface area contributed by atoms with Crippen LogP contribution in [0.1, 0.15) is 25.1 Å². The highest BCUT2D eigenvalue weighted by Gasteiger charge is 2.10. The van der Waals surface area contributed by atoms with Crippen LogP contribution in [-0.4, -0.2) is 51.7 Å². The molecule has 2 aromatic rings. The van der Waals surface area contributed by atoms with Gasteiger partial charge in [0.2, 0.25) is 0 Å². The van der Waals surface area contributed by atoms with E-state index in [4.69, 9.17) is 0 Å². The van der Waals surface area contributed by atoms with Crippen LogP contribution in [-0.2, 0) is 6.54 Å². The van der Waals surface area contributed by atoms with Crippen molar-refractivity contribution in [2.75, 3.05) is 26.2 Å². The molecule has 0 spiro atoms. The monoisotopic (exact) mass is 302 g/mol. The van der Waals surface area contributed by atoms with Crippen LogP contribution in [0, 0.1) is 0 Å². The molecule has 0 unspecified atom stereocenters. The van der Waals surface area contributed by atoms with Crippen molar-refractivity contribution < 1.29 is 4.79 Å². The second-order valence-corrected chi connectivity index (χ2v) is 5.56. The maximum atomic E-state index is 11.8. The third-order valence-corrected chi connectivity index (χ3v) is 3.95. The van der Waals surface area contributed by atoms with Crippen LogP contribution in [0.4, 0.5) is 4.79 Å². The molecule has 0 atom stereocenters. The number of amides is 2. The van der Waals surface area contributed by atoms with Gasteiger partial charge in [-0.3, -0.25) is 4.40 Å². The highest BCUT2D eigenvalue weighted by molar-refractivity contribution is 5.73. The molecule has 1 aliphatic rings. The molecule has 1 saturated heterocycles. The molecule has 0 radical (unpaired) electrons. The van der Waals surface area contributed by atoms with E-state index in [9.17, 15) is 4.79 Å². The zero-order valence-corrected chi connectivity index (χ0v) is 12.7. The third-order valence-electron chi connectivity index (χ3n) is 3.95. The lowest BCUT2D eigenvalue weighted by atomic mass is 10.1. The lowest BCUT2D eigenvalue weighted by molar-refractivity contribution is 0.220. The van der Waals surface area contributed by atoms with Crippen molar-refractivity contribution in [2.24, 2.45) is 0 Å². The topological polar surface area (TPSA) is 74.6 Å². The van der Waals surface area contributed by atoms with Gasteiger partial charge in [0.15, 0.2) is 11.5 Å². The first-order valence-electron chi connectivity index (χ1n) is 7.85. The van der Waals surface area contributed by atoms with E-state index in [0.29, 0.717) is 13.1 Å². The Kier molecular flexibility index (Phi) is 4.85. The maximum absolute atomic E-state index is 11.8. The van der Waals surface area contributed by atoms with E-state index in [1.165, 1.54) is 19.3 Å². The molecule has 2 amide bonds. The first kappa shape index (κ1) is 14.8. The Balaban J connectivity index is 1.40. The molecule has 1 aliphatic heterocycles. The fraction of sp³-hybridized carbons (Fsp3) is 0.533. The minimum absolute atomic E-state index is 0.162. The number of carbonyl (C=O) groups is 1. The molecule has 0 aromatic carbocycles. The van der Waals surface area contributed by atoms with E-state index < -0.39 is 0 Å². The summed E-state index contributed by atoms with van der Waals surface area (Å²) >= 11 is 0. The number of urea groups is 1. The fourth-order valence-corrected chi connectivity index (χ4v) is 2.74. The molecule has 22 heavy (non-hydrogen) atoms. The highest BCUT2D eigenvalue weighted by atomic mass is 16.2. The smallest absolute Gasteiger partial charge is 0.315 e. The average molecular weight is 302 g/mol. The van der Waals surface area contributed by atoms with Crippen LogP contribution in [0.25, 0.3) is 5.65 Å². The zero-order valence-electron chi connectivity index (χ0n) is 12.7. The number of aromatic nitrogens is 3. The van der Waals surface area contributed by atoms with Gasteiger partial charge in [-0.1, -0.05) is 12.5 Å². The first-order chi connectivity index (χ1) is 10.8. The number of likely N-dealkylation sites (tertiary alicyclic amines) is 1. The van der Waals surface area contributed by atoms with Crippen molar-refractivity contribution in [1.82, 2.24) is 30.1 Å². The number of carbonyl (C=O) groups excluding carboxylic acids is 1. The van der Waals surface area contributed by atoms with Crippen molar-refractivity contribution >= 4 is 11.7 Å². The maximum Gasteiger partial charge on any atom is 0.315 e. The van der Waals surface area contributed by atoms with E-state index >= 15 is 0 Å². The minimum Gasteiger partial charge on any atom is -0.337 e. The van der Waals surface area contributed by atoms with Gasteiger partial charge in [0.25, 0.3) is 0 Å². The van der Waals surface area contributed by atoms with Crippen molar-refractivity contribution in [1.29, 1.82) is 0 Å². The van der Waals surface area contributed by atoms with Gasteiger partial charge in [-0.2, -0.15) is 0 Å². The van der Waals surface area contributed by atoms with Gasteiger partial charge in [0.05, 0.1) is 6.54 Å². The summed E-state index contributed by atoms with van der Waals surface area (Å²) in [5.74, 6) is 0.724. The number of pyridine rings is 1. The molecule has 0 saturated carbocycles. The Morgan fingerprint density at radius 3 is 2.86 bits per heavy atom. The summed E-state index contributed by atoms with van der Waals surface area (Å²) in [4.78, 5) is 14.2. The number of nitrogens with zero attached hydrogens (tertiary/aromatic N) is 4. The number of fused-ring (bicyclic) bond motifs is 1. The molecule has 7 nitrogen and oxygen atoms in total. The number of piperidine rings is 1. The molecule has 3 heterocycles. The number of hydrogen-bond acceptors (Lipinski definition) is 4. The Bertz CT molecular complexity index is 619. The molecule has 2 N–H and O–H groups in total. The van der Waals surface area contributed by atoms with Crippen molar-refractivity contribution in [3.63, 3.8) is 0 Å². The molecular weight excluding hydrogens is 280 g/mol. The molecule has 3 rings (SSSR count). The third kappa shape index (κ3) is 3.73. The quantitative estimate of drug-likeness (QED) is 0.864. The van der Waals surface area contributed by atoms with Crippen LogP contribution in [0.15, 0.2) is 24.4 Å². The van der Waals surface area contributed by atoms with Crippen LogP contribution < -0.4 is 10.6 Å². The molecule has 0 aliphatic carbocycles. The standard InChI is InChI=1S/C15H22N6O/c22-15(16-7-11-20-8-3-1-4-9-20)17-12-14-19-18-13-6-2-5-10-21(13)14/h2,5-6,10H,1,3-4,7-9,11-12H2,(H2,16,17,22). The Morgan fingerprint density at radius 1 is 1.14 bits per heavy atom. The lowest BCUT2D eigenvalue weighted by Gasteiger charge is -2.26. The Morgan fingerprint density at radius 2 is 2.00 bits per heavy atom. The normalized spacial score (nSPS) is 15.8. The summed E-state index contributed by atoms with van der Waals surface area (Å²) in [5, 5.41) is 13.9. The summed E-state index contributed by atoms with van der Waals surface area (Å²) in [7, 11) is 0. The zero-order chi connectivity index (χ0) is 15.2. The van der Waals surface area contributed by atoms with Crippen LogP contribution >= 0.6 is 0 Å². The summed E-state index contributed by atoms with van der Waals surface area (Å²) in [6.07, 6.45) is 5.76. The Labute approximate surface area is 129 Å². The van der Waals surface area contributed by atoms with E-state index in [-0.39, 0.29) is 6.03 Å². The summed E-state index contributed by atoms with van der Waals surface area (Å²) in [5.41, 5.74) is 0.782. The van der Waals surface area contributed by atoms with Gasteiger partial charge in [-0.25, -0.2) is 4.79 Å². The largest absolute Gasteiger partial charge is 0.337 e. The molecule has 2 aromatic heterocycles. The average Bonchev–Trinajstić information content (AvgIpc) is 2.97. The van der Waals surface area contributed by atoms with Crippen LogP contribution in [0.3, 0.4) is 0 Å². The minimum atomic E-state index is -0.162. The highest BCUT2D eigenvalue weighted by Crippen LogP contribution is 2.07. The Hall–Kier alpha value is -2.15. The predicted octanol–water partition coefficient (Wildman–Crippen LogP) is 1.01. The van der Waals surface area contributed by atoms with Gasteiger partial charge in [0.1, 0.15) is 0 Å². The number of rotatable bonds is 5. The SMILES string of the molecule is O=C(NCCN1CCCCC1)NCc1nnc2ccccn12. The van der Waals surface area contributed by atoms with Gasteiger partial charge in [-0.15, -0.1) is 10.2 Å². The van der Waals surface area contributed by atoms with Crippen molar-refractivity contribution in [2.45, 2.75) is 25.8 Å². The molecule has 1 fully saturated rings. The van der Waals surface area contributed by atoms with Crippen molar-refractivity contribution in [3.05, 3.63) is 30.2 Å². The van der Waals surface area contributed by atoms with Gasteiger partial charge < -0.3 is 15.5 Å². The second-order valence-electron chi connectivity index (χ2n) is 5.56. The van der Waals surface area contributed by atoms with Crippen LogP contribution in [0.5, 0.6) is 0 Å². The first-order valence-corrected chi connectivity index (χ1v) is 7.85. The van der Waals surface area contributed by atoms with E-state index in [1.807, 2.05) is 28.8 Å². The van der Waals surface area contributed by atoms with E-state index in [0.717, 1.165) is 31.1 Å². The van der Waals surface area contributed by atoms with E-state index in [2.05, 4.69) is 25.7 Å².